The van der Waals surface area contributed by atoms with Gasteiger partial charge in [0.25, 0.3) is 0 Å². The summed E-state index contributed by atoms with van der Waals surface area (Å²) in [6, 6.07) is 0. The molecule has 2 heterocycles. The molecular formula is C9H14N4O2. The SMILES string of the molecule is COCc1nc2c(c(NN)n1)COCC2. The maximum absolute atomic E-state index is 5.40. The summed E-state index contributed by atoms with van der Waals surface area (Å²) in [5.74, 6) is 6.68. The number of ether oxygens (including phenoxy) is 2. The largest absolute Gasteiger partial charge is 0.377 e. The lowest BCUT2D eigenvalue weighted by Gasteiger charge is -2.18. The minimum atomic E-state index is 0.392. The van der Waals surface area contributed by atoms with Gasteiger partial charge in [0.15, 0.2) is 5.82 Å². The van der Waals surface area contributed by atoms with Crippen LogP contribution in [0.1, 0.15) is 17.1 Å². The van der Waals surface area contributed by atoms with Crippen LogP contribution in [0.2, 0.25) is 0 Å². The Balaban J connectivity index is 2.38. The van der Waals surface area contributed by atoms with E-state index in [9.17, 15) is 0 Å². The highest BCUT2D eigenvalue weighted by atomic mass is 16.5. The van der Waals surface area contributed by atoms with Crippen LogP contribution in [0, 0.1) is 0 Å². The van der Waals surface area contributed by atoms with Crippen molar-refractivity contribution in [2.45, 2.75) is 19.6 Å². The minimum absolute atomic E-state index is 0.392. The summed E-state index contributed by atoms with van der Waals surface area (Å²) in [5.41, 5.74) is 4.51. The zero-order valence-corrected chi connectivity index (χ0v) is 8.62. The Morgan fingerprint density at radius 1 is 1.53 bits per heavy atom. The van der Waals surface area contributed by atoms with Gasteiger partial charge in [-0.05, 0) is 0 Å². The number of nitrogens with two attached hydrogens (primary N) is 1. The van der Waals surface area contributed by atoms with E-state index in [2.05, 4.69) is 15.4 Å². The average molecular weight is 210 g/mol. The molecule has 0 aliphatic carbocycles. The Labute approximate surface area is 87.8 Å². The van der Waals surface area contributed by atoms with Crippen LogP contribution >= 0.6 is 0 Å². The van der Waals surface area contributed by atoms with Crippen LogP contribution in [0.4, 0.5) is 5.82 Å². The molecule has 0 unspecified atom stereocenters. The third kappa shape index (κ3) is 2.06. The molecule has 15 heavy (non-hydrogen) atoms. The Bertz CT molecular complexity index is 339. The lowest BCUT2D eigenvalue weighted by atomic mass is 10.1. The van der Waals surface area contributed by atoms with Crippen molar-refractivity contribution in [2.75, 3.05) is 19.1 Å². The number of hydrogen-bond acceptors (Lipinski definition) is 6. The van der Waals surface area contributed by atoms with Crippen LogP contribution < -0.4 is 11.3 Å². The van der Waals surface area contributed by atoms with Crippen molar-refractivity contribution >= 4 is 5.82 Å². The molecule has 3 N–H and O–H groups in total. The highest BCUT2D eigenvalue weighted by molar-refractivity contribution is 5.46. The molecule has 82 valence electrons. The molecule has 0 bridgehead atoms. The Morgan fingerprint density at radius 3 is 3.13 bits per heavy atom. The Kier molecular flexibility index (Phi) is 3.10. The predicted octanol–water partition coefficient (Wildman–Crippen LogP) is -0.0187. The van der Waals surface area contributed by atoms with Crippen molar-refractivity contribution in [3.63, 3.8) is 0 Å². The Hall–Kier alpha value is -1.24. The van der Waals surface area contributed by atoms with Gasteiger partial charge in [-0.15, -0.1) is 0 Å². The number of nitrogen functional groups attached to an aromatic ring is 1. The van der Waals surface area contributed by atoms with Crippen LogP contribution in [-0.2, 0) is 29.1 Å². The van der Waals surface area contributed by atoms with Crippen molar-refractivity contribution in [1.29, 1.82) is 0 Å². The molecule has 1 aromatic heterocycles. The van der Waals surface area contributed by atoms with E-state index in [-0.39, 0.29) is 0 Å². The summed E-state index contributed by atoms with van der Waals surface area (Å²) in [5, 5.41) is 0. The highest BCUT2D eigenvalue weighted by Gasteiger charge is 2.17. The van der Waals surface area contributed by atoms with Crippen LogP contribution in [0.15, 0.2) is 0 Å². The van der Waals surface area contributed by atoms with Crippen molar-refractivity contribution in [3.8, 4) is 0 Å². The summed E-state index contributed by atoms with van der Waals surface area (Å²) in [4.78, 5) is 8.64. The zero-order chi connectivity index (χ0) is 10.7. The standard InChI is InChI=1S/C9H14N4O2/c1-14-5-8-11-7-2-3-15-4-6(7)9(12-8)13-10/h2-5,10H2,1H3,(H,11,12,13). The van der Waals surface area contributed by atoms with E-state index in [4.69, 9.17) is 15.3 Å². The first-order valence-corrected chi connectivity index (χ1v) is 4.77. The van der Waals surface area contributed by atoms with Gasteiger partial charge >= 0.3 is 0 Å². The molecule has 1 aliphatic heterocycles. The summed E-state index contributed by atoms with van der Waals surface area (Å²) >= 11 is 0. The molecule has 0 saturated heterocycles. The number of methoxy groups -OCH3 is 1. The molecule has 0 fully saturated rings. The second-order valence-corrected chi connectivity index (χ2v) is 3.29. The Morgan fingerprint density at radius 2 is 2.40 bits per heavy atom. The lowest BCUT2D eigenvalue weighted by molar-refractivity contribution is 0.108. The summed E-state index contributed by atoms with van der Waals surface area (Å²) in [6.07, 6.45) is 0.795. The highest BCUT2D eigenvalue weighted by Crippen LogP contribution is 2.21. The van der Waals surface area contributed by atoms with Crippen LogP contribution in [-0.4, -0.2) is 23.7 Å². The third-order valence-corrected chi connectivity index (χ3v) is 2.28. The van der Waals surface area contributed by atoms with Crippen molar-refractivity contribution in [2.24, 2.45) is 5.84 Å². The number of hydrogen-bond donors (Lipinski definition) is 2. The quantitative estimate of drug-likeness (QED) is 0.539. The van der Waals surface area contributed by atoms with Gasteiger partial charge in [0.2, 0.25) is 0 Å². The van der Waals surface area contributed by atoms with Gasteiger partial charge in [-0.2, -0.15) is 0 Å². The van der Waals surface area contributed by atoms with Gasteiger partial charge in [0.1, 0.15) is 12.4 Å². The number of rotatable bonds is 3. The minimum Gasteiger partial charge on any atom is -0.377 e. The van der Waals surface area contributed by atoms with E-state index in [1.165, 1.54) is 0 Å². The zero-order valence-electron chi connectivity index (χ0n) is 8.62. The molecule has 6 heteroatoms. The van der Waals surface area contributed by atoms with Crippen LogP contribution in [0.5, 0.6) is 0 Å². The third-order valence-electron chi connectivity index (χ3n) is 2.28. The molecule has 0 radical (unpaired) electrons. The topological polar surface area (TPSA) is 82.3 Å². The van der Waals surface area contributed by atoms with E-state index in [1.807, 2.05) is 0 Å². The molecule has 1 aromatic rings. The predicted molar refractivity (Wildman–Crippen MR) is 53.9 cm³/mol. The molecule has 0 amide bonds. The van der Waals surface area contributed by atoms with E-state index >= 15 is 0 Å². The normalized spacial score (nSPS) is 14.8. The van der Waals surface area contributed by atoms with E-state index in [0.717, 1.165) is 17.7 Å². The summed E-state index contributed by atoms with van der Waals surface area (Å²) < 4.78 is 10.3. The maximum atomic E-state index is 5.40. The van der Waals surface area contributed by atoms with Crippen molar-refractivity contribution in [1.82, 2.24) is 9.97 Å². The first-order valence-electron chi connectivity index (χ1n) is 4.77. The first kappa shape index (κ1) is 10.3. The number of aromatic nitrogens is 2. The molecule has 0 saturated carbocycles. The second-order valence-electron chi connectivity index (χ2n) is 3.29. The van der Waals surface area contributed by atoms with Gasteiger partial charge < -0.3 is 14.9 Å². The molecule has 1 aliphatic rings. The molecule has 0 spiro atoms. The van der Waals surface area contributed by atoms with Crippen molar-refractivity contribution in [3.05, 3.63) is 17.1 Å². The van der Waals surface area contributed by atoms with E-state index in [1.54, 1.807) is 7.11 Å². The van der Waals surface area contributed by atoms with Gasteiger partial charge in [0.05, 0.1) is 18.9 Å². The van der Waals surface area contributed by atoms with Crippen LogP contribution in [0.25, 0.3) is 0 Å². The number of hydrazine groups is 1. The summed E-state index contributed by atoms with van der Waals surface area (Å²) in [7, 11) is 1.61. The van der Waals surface area contributed by atoms with Gasteiger partial charge in [-0.25, -0.2) is 15.8 Å². The molecule has 6 nitrogen and oxygen atoms in total. The number of fused-ring (bicyclic) bond motifs is 1. The fourth-order valence-electron chi connectivity index (χ4n) is 1.60. The molecule has 0 atom stereocenters. The fraction of sp³-hybridized carbons (Fsp3) is 0.556. The number of anilines is 1. The van der Waals surface area contributed by atoms with Gasteiger partial charge in [-0.3, -0.25) is 0 Å². The average Bonchev–Trinajstić information content (AvgIpc) is 2.28. The van der Waals surface area contributed by atoms with E-state index < -0.39 is 0 Å². The molecule has 2 rings (SSSR count). The lowest BCUT2D eigenvalue weighted by Crippen LogP contribution is -2.20. The molecule has 0 aromatic carbocycles. The first-order chi connectivity index (χ1) is 7.35. The summed E-state index contributed by atoms with van der Waals surface area (Å²) in [6.45, 7) is 1.60. The van der Waals surface area contributed by atoms with Gasteiger partial charge in [0, 0.05) is 19.1 Å². The van der Waals surface area contributed by atoms with Crippen molar-refractivity contribution < 1.29 is 9.47 Å². The van der Waals surface area contributed by atoms with E-state index in [0.29, 0.717) is 31.5 Å². The second kappa shape index (κ2) is 4.52. The smallest absolute Gasteiger partial charge is 0.156 e. The maximum Gasteiger partial charge on any atom is 0.156 e. The number of nitrogens with one attached hydrogen (secondary N) is 1. The fourth-order valence-corrected chi connectivity index (χ4v) is 1.60. The van der Waals surface area contributed by atoms with Gasteiger partial charge in [-0.1, -0.05) is 0 Å². The number of nitrogens with zero attached hydrogens (tertiary/aromatic N) is 2. The van der Waals surface area contributed by atoms with Crippen LogP contribution in [0.3, 0.4) is 0 Å². The monoisotopic (exact) mass is 210 g/mol. The molecular weight excluding hydrogens is 196 g/mol.